The summed E-state index contributed by atoms with van der Waals surface area (Å²) in [5, 5.41) is 3.17. The molecule has 0 bridgehead atoms. The number of halogens is 1. The molecule has 1 heterocycles. The van der Waals surface area contributed by atoms with Gasteiger partial charge in [-0.1, -0.05) is 6.92 Å². The maximum atomic E-state index is 12.9. The summed E-state index contributed by atoms with van der Waals surface area (Å²) in [5.41, 5.74) is 1.06. The number of rotatable bonds is 3. The molecular formula is C16H21FN2O. The predicted octanol–water partition coefficient (Wildman–Crippen LogP) is 2.57. The van der Waals surface area contributed by atoms with Crippen LogP contribution in [0.5, 0.6) is 0 Å². The van der Waals surface area contributed by atoms with Crippen LogP contribution in [0.1, 0.15) is 26.2 Å². The number of anilines is 1. The molecule has 4 heteroatoms. The molecule has 1 saturated carbocycles. The van der Waals surface area contributed by atoms with Crippen molar-refractivity contribution in [3.63, 3.8) is 0 Å². The lowest BCUT2D eigenvalue weighted by Crippen LogP contribution is -2.45. The summed E-state index contributed by atoms with van der Waals surface area (Å²) in [6.07, 6.45) is 2.97. The van der Waals surface area contributed by atoms with Crippen molar-refractivity contribution in [1.82, 2.24) is 5.32 Å². The van der Waals surface area contributed by atoms with Crippen molar-refractivity contribution in [3.8, 4) is 0 Å². The summed E-state index contributed by atoms with van der Waals surface area (Å²) < 4.78 is 12.9. The number of nitrogens with one attached hydrogen (secondary N) is 1. The molecule has 1 aromatic carbocycles. The molecule has 1 aromatic rings. The lowest BCUT2D eigenvalue weighted by Gasteiger charge is -2.34. The molecular weight excluding hydrogens is 255 g/mol. The zero-order chi connectivity index (χ0) is 14.1. The lowest BCUT2D eigenvalue weighted by molar-refractivity contribution is -0.123. The van der Waals surface area contributed by atoms with E-state index < -0.39 is 0 Å². The van der Waals surface area contributed by atoms with E-state index in [0.717, 1.165) is 38.0 Å². The van der Waals surface area contributed by atoms with Gasteiger partial charge in [-0.15, -0.1) is 0 Å². The Labute approximate surface area is 119 Å². The maximum Gasteiger partial charge on any atom is 0.223 e. The SMILES string of the molecule is CC1CC1C(=O)NC1CCN(c2ccc(F)cc2)CC1. The van der Waals surface area contributed by atoms with Crippen LogP contribution in [0.2, 0.25) is 0 Å². The Morgan fingerprint density at radius 1 is 1.25 bits per heavy atom. The quantitative estimate of drug-likeness (QED) is 0.920. The molecule has 0 spiro atoms. The Morgan fingerprint density at radius 3 is 2.40 bits per heavy atom. The summed E-state index contributed by atoms with van der Waals surface area (Å²) in [6.45, 7) is 3.95. The van der Waals surface area contributed by atoms with Gasteiger partial charge in [-0.05, 0) is 49.4 Å². The minimum Gasteiger partial charge on any atom is -0.371 e. The molecule has 108 valence electrons. The van der Waals surface area contributed by atoms with Crippen LogP contribution < -0.4 is 10.2 Å². The zero-order valence-electron chi connectivity index (χ0n) is 11.8. The van der Waals surface area contributed by atoms with Gasteiger partial charge in [0.25, 0.3) is 0 Å². The molecule has 2 atom stereocenters. The van der Waals surface area contributed by atoms with E-state index in [1.54, 1.807) is 0 Å². The lowest BCUT2D eigenvalue weighted by atomic mass is 10.0. The summed E-state index contributed by atoms with van der Waals surface area (Å²) in [4.78, 5) is 14.2. The molecule has 3 rings (SSSR count). The van der Waals surface area contributed by atoms with Crippen LogP contribution in [-0.2, 0) is 4.79 Å². The molecule has 0 aromatic heterocycles. The summed E-state index contributed by atoms with van der Waals surface area (Å²) in [6, 6.07) is 6.93. The first-order valence-electron chi connectivity index (χ1n) is 7.44. The van der Waals surface area contributed by atoms with Crippen molar-refractivity contribution in [3.05, 3.63) is 30.1 Å². The van der Waals surface area contributed by atoms with E-state index in [9.17, 15) is 9.18 Å². The molecule has 1 saturated heterocycles. The van der Waals surface area contributed by atoms with Gasteiger partial charge in [0.2, 0.25) is 5.91 Å². The average molecular weight is 276 g/mol. The third kappa shape index (κ3) is 2.94. The highest BCUT2D eigenvalue weighted by Crippen LogP contribution is 2.37. The van der Waals surface area contributed by atoms with Gasteiger partial charge in [0.1, 0.15) is 5.82 Å². The molecule has 1 aliphatic carbocycles. The Balaban J connectivity index is 1.49. The van der Waals surface area contributed by atoms with Gasteiger partial charge in [0, 0.05) is 30.7 Å². The fraction of sp³-hybridized carbons (Fsp3) is 0.562. The summed E-state index contributed by atoms with van der Waals surface area (Å²) in [5.74, 6) is 0.853. The van der Waals surface area contributed by atoms with E-state index in [0.29, 0.717) is 12.0 Å². The summed E-state index contributed by atoms with van der Waals surface area (Å²) >= 11 is 0. The average Bonchev–Trinajstić information content (AvgIpc) is 3.18. The highest BCUT2D eigenvalue weighted by molar-refractivity contribution is 5.81. The standard InChI is InChI=1S/C16H21FN2O/c1-11-10-15(11)16(20)18-13-6-8-19(9-7-13)14-4-2-12(17)3-5-14/h2-5,11,13,15H,6-10H2,1H3,(H,18,20). The van der Waals surface area contributed by atoms with Crippen molar-refractivity contribution in [1.29, 1.82) is 0 Å². The number of hydrogen-bond donors (Lipinski definition) is 1. The number of amides is 1. The van der Waals surface area contributed by atoms with Crippen molar-refractivity contribution < 1.29 is 9.18 Å². The molecule has 2 unspecified atom stereocenters. The van der Waals surface area contributed by atoms with Crippen LogP contribution in [0.15, 0.2) is 24.3 Å². The van der Waals surface area contributed by atoms with Gasteiger partial charge in [0.15, 0.2) is 0 Å². The molecule has 1 amide bonds. The molecule has 1 aliphatic heterocycles. The number of carbonyl (C=O) groups excluding carboxylic acids is 1. The first-order valence-corrected chi connectivity index (χ1v) is 7.44. The number of carbonyl (C=O) groups is 1. The second-order valence-electron chi connectivity index (χ2n) is 6.07. The highest BCUT2D eigenvalue weighted by Gasteiger charge is 2.39. The van der Waals surface area contributed by atoms with E-state index in [-0.39, 0.29) is 17.6 Å². The maximum absolute atomic E-state index is 12.9. The first-order chi connectivity index (χ1) is 9.63. The Hall–Kier alpha value is -1.58. The minimum absolute atomic E-state index is 0.200. The predicted molar refractivity (Wildman–Crippen MR) is 77.0 cm³/mol. The second-order valence-corrected chi connectivity index (χ2v) is 6.07. The van der Waals surface area contributed by atoms with E-state index in [1.807, 2.05) is 12.1 Å². The third-order valence-electron chi connectivity index (χ3n) is 4.48. The van der Waals surface area contributed by atoms with Gasteiger partial charge < -0.3 is 10.2 Å². The smallest absolute Gasteiger partial charge is 0.223 e. The Morgan fingerprint density at radius 2 is 1.85 bits per heavy atom. The van der Waals surface area contributed by atoms with Crippen LogP contribution in [0.4, 0.5) is 10.1 Å². The third-order valence-corrected chi connectivity index (χ3v) is 4.48. The normalized spacial score (nSPS) is 26.4. The van der Waals surface area contributed by atoms with Crippen molar-refractivity contribution >= 4 is 11.6 Å². The van der Waals surface area contributed by atoms with Gasteiger partial charge >= 0.3 is 0 Å². The van der Waals surface area contributed by atoms with Crippen LogP contribution in [-0.4, -0.2) is 25.0 Å². The van der Waals surface area contributed by atoms with Crippen LogP contribution in [0.25, 0.3) is 0 Å². The number of hydrogen-bond acceptors (Lipinski definition) is 2. The summed E-state index contributed by atoms with van der Waals surface area (Å²) in [7, 11) is 0. The topological polar surface area (TPSA) is 32.3 Å². The van der Waals surface area contributed by atoms with Crippen molar-refractivity contribution in [2.75, 3.05) is 18.0 Å². The van der Waals surface area contributed by atoms with E-state index in [1.165, 1.54) is 12.1 Å². The largest absolute Gasteiger partial charge is 0.371 e. The molecule has 0 radical (unpaired) electrons. The zero-order valence-corrected chi connectivity index (χ0v) is 11.8. The number of benzene rings is 1. The Kier molecular flexibility index (Phi) is 3.64. The fourth-order valence-electron chi connectivity index (χ4n) is 2.93. The molecule has 3 nitrogen and oxygen atoms in total. The van der Waals surface area contributed by atoms with Crippen LogP contribution in [0.3, 0.4) is 0 Å². The number of nitrogens with zero attached hydrogens (tertiary/aromatic N) is 1. The van der Waals surface area contributed by atoms with Crippen molar-refractivity contribution in [2.45, 2.75) is 32.2 Å². The van der Waals surface area contributed by atoms with Gasteiger partial charge in [-0.3, -0.25) is 4.79 Å². The minimum atomic E-state index is -0.200. The second kappa shape index (κ2) is 5.43. The van der Waals surface area contributed by atoms with E-state index in [2.05, 4.69) is 17.1 Å². The first kappa shape index (κ1) is 13.4. The van der Waals surface area contributed by atoms with E-state index in [4.69, 9.17) is 0 Å². The Bertz CT molecular complexity index is 480. The van der Waals surface area contributed by atoms with Gasteiger partial charge in [-0.25, -0.2) is 4.39 Å². The molecule has 20 heavy (non-hydrogen) atoms. The van der Waals surface area contributed by atoms with Gasteiger partial charge in [-0.2, -0.15) is 0 Å². The van der Waals surface area contributed by atoms with E-state index >= 15 is 0 Å². The van der Waals surface area contributed by atoms with Crippen LogP contribution >= 0.6 is 0 Å². The molecule has 2 aliphatic rings. The molecule has 2 fully saturated rings. The molecule has 1 N–H and O–H groups in total. The van der Waals surface area contributed by atoms with Crippen molar-refractivity contribution in [2.24, 2.45) is 11.8 Å². The van der Waals surface area contributed by atoms with Crippen LogP contribution in [0, 0.1) is 17.7 Å². The number of piperidine rings is 1. The monoisotopic (exact) mass is 276 g/mol. The highest BCUT2D eigenvalue weighted by atomic mass is 19.1. The van der Waals surface area contributed by atoms with Gasteiger partial charge in [0.05, 0.1) is 0 Å². The fourth-order valence-corrected chi connectivity index (χ4v) is 2.93.